The van der Waals surface area contributed by atoms with Gasteiger partial charge in [-0.2, -0.15) is 0 Å². The van der Waals surface area contributed by atoms with Crippen LogP contribution in [0.1, 0.15) is 19.6 Å². The van der Waals surface area contributed by atoms with Crippen molar-refractivity contribution in [1.82, 2.24) is 5.32 Å². The minimum absolute atomic E-state index is 0.0644. The lowest BCUT2D eigenvalue weighted by Crippen LogP contribution is -2.34. The molecule has 6 nitrogen and oxygen atoms in total. The first kappa shape index (κ1) is 16.4. The Kier molecular flexibility index (Phi) is 5.57. The predicted molar refractivity (Wildman–Crippen MR) is 90.1 cm³/mol. The highest BCUT2D eigenvalue weighted by molar-refractivity contribution is 6.01. The van der Waals surface area contributed by atoms with Crippen molar-refractivity contribution in [2.45, 2.75) is 19.9 Å². The summed E-state index contributed by atoms with van der Waals surface area (Å²) in [4.78, 5) is 23.3. The van der Waals surface area contributed by atoms with Gasteiger partial charge in [0.2, 0.25) is 5.91 Å². The highest BCUT2D eigenvalue weighted by atomic mass is 16.3. The molecule has 3 amide bonds. The van der Waals surface area contributed by atoms with Gasteiger partial charge in [-0.3, -0.25) is 4.79 Å². The Hall–Kier alpha value is -3.02. The highest BCUT2D eigenvalue weighted by Crippen LogP contribution is 2.13. The van der Waals surface area contributed by atoms with E-state index in [1.165, 1.54) is 6.08 Å². The van der Waals surface area contributed by atoms with Crippen LogP contribution >= 0.6 is 0 Å². The molecular formula is C17H19N3O3. The number of hydrogen-bond acceptors (Lipinski definition) is 3. The van der Waals surface area contributed by atoms with Crippen molar-refractivity contribution in [3.63, 3.8) is 0 Å². The molecule has 2 aromatic rings. The summed E-state index contributed by atoms with van der Waals surface area (Å²) in [5, 5.41) is 8.16. The van der Waals surface area contributed by atoms with Gasteiger partial charge in [0, 0.05) is 23.5 Å². The van der Waals surface area contributed by atoms with E-state index in [4.69, 9.17) is 4.42 Å². The monoisotopic (exact) mass is 313 g/mol. The number of nitrogens with one attached hydrogen (secondary N) is 3. The van der Waals surface area contributed by atoms with E-state index < -0.39 is 0 Å². The summed E-state index contributed by atoms with van der Waals surface area (Å²) in [5.74, 6) is 0.343. The first-order chi connectivity index (χ1) is 11.0. The standard InChI is InChI=1S/C17H19N3O3/c1-12(2)18-17(22)20-14-7-5-13(6-8-14)19-16(21)10-9-15-4-3-11-23-15/h3-12H,1-2H3,(H,19,21)(H2,18,20,22)/b10-9+. The van der Waals surface area contributed by atoms with Crippen molar-refractivity contribution in [2.75, 3.05) is 10.6 Å². The van der Waals surface area contributed by atoms with Gasteiger partial charge < -0.3 is 20.4 Å². The number of carbonyl (C=O) groups excluding carboxylic acids is 2. The Morgan fingerprint density at radius 1 is 1.04 bits per heavy atom. The fourth-order valence-electron chi connectivity index (χ4n) is 1.79. The van der Waals surface area contributed by atoms with Crippen LogP contribution in [0.5, 0.6) is 0 Å². The number of urea groups is 1. The molecule has 120 valence electrons. The Balaban J connectivity index is 1.87. The molecule has 0 spiro atoms. The van der Waals surface area contributed by atoms with Crippen molar-refractivity contribution < 1.29 is 14.0 Å². The van der Waals surface area contributed by atoms with Crippen molar-refractivity contribution in [1.29, 1.82) is 0 Å². The van der Waals surface area contributed by atoms with Crippen LogP contribution in [0.25, 0.3) is 6.08 Å². The van der Waals surface area contributed by atoms with Crippen LogP contribution in [0.4, 0.5) is 16.2 Å². The Morgan fingerprint density at radius 3 is 2.26 bits per heavy atom. The molecule has 23 heavy (non-hydrogen) atoms. The average Bonchev–Trinajstić information content (AvgIpc) is 3.00. The van der Waals surface area contributed by atoms with Gasteiger partial charge in [-0.15, -0.1) is 0 Å². The number of rotatable bonds is 5. The van der Waals surface area contributed by atoms with Gasteiger partial charge in [0.25, 0.3) is 0 Å². The number of benzene rings is 1. The molecule has 2 rings (SSSR count). The molecule has 0 aliphatic rings. The van der Waals surface area contributed by atoms with Gasteiger partial charge in [-0.05, 0) is 56.3 Å². The van der Waals surface area contributed by atoms with Crippen LogP contribution in [-0.2, 0) is 4.79 Å². The summed E-state index contributed by atoms with van der Waals surface area (Å²) in [6.07, 6.45) is 4.52. The summed E-state index contributed by atoms with van der Waals surface area (Å²) in [7, 11) is 0. The fraction of sp³-hybridized carbons (Fsp3) is 0.176. The number of hydrogen-bond donors (Lipinski definition) is 3. The fourth-order valence-corrected chi connectivity index (χ4v) is 1.79. The lowest BCUT2D eigenvalue weighted by molar-refractivity contribution is -0.111. The third kappa shape index (κ3) is 5.70. The number of carbonyl (C=O) groups is 2. The van der Waals surface area contributed by atoms with E-state index in [2.05, 4.69) is 16.0 Å². The van der Waals surface area contributed by atoms with E-state index in [1.807, 2.05) is 13.8 Å². The smallest absolute Gasteiger partial charge is 0.319 e. The third-order valence-corrected chi connectivity index (χ3v) is 2.77. The van der Waals surface area contributed by atoms with Crippen LogP contribution in [0.15, 0.2) is 53.2 Å². The van der Waals surface area contributed by atoms with Crippen molar-refractivity contribution in [2.24, 2.45) is 0 Å². The molecule has 0 bridgehead atoms. The van der Waals surface area contributed by atoms with Crippen LogP contribution in [0, 0.1) is 0 Å². The quantitative estimate of drug-likeness (QED) is 0.739. The van der Waals surface area contributed by atoms with Crippen molar-refractivity contribution in [3.05, 3.63) is 54.5 Å². The lowest BCUT2D eigenvalue weighted by Gasteiger charge is -2.10. The van der Waals surface area contributed by atoms with Crippen molar-refractivity contribution >= 4 is 29.4 Å². The van der Waals surface area contributed by atoms with Gasteiger partial charge in [0.1, 0.15) is 5.76 Å². The first-order valence-electron chi connectivity index (χ1n) is 7.23. The van der Waals surface area contributed by atoms with Gasteiger partial charge >= 0.3 is 6.03 Å². The molecule has 6 heteroatoms. The first-order valence-corrected chi connectivity index (χ1v) is 7.23. The van der Waals surface area contributed by atoms with Gasteiger partial charge in [-0.1, -0.05) is 0 Å². The van der Waals surface area contributed by atoms with Gasteiger partial charge in [0.15, 0.2) is 0 Å². The maximum Gasteiger partial charge on any atom is 0.319 e. The summed E-state index contributed by atoms with van der Waals surface area (Å²) in [5.41, 5.74) is 1.28. The molecule has 0 aliphatic heterocycles. The van der Waals surface area contributed by atoms with E-state index >= 15 is 0 Å². The number of amides is 3. The van der Waals surface area contributed by atoms with Crippen molar-refractivity contribution in [3.8, 4) is 0 Å². The highest BCUT2D eigenvalue weighted by Gasteiger charge is 2.04. The van der Waals surface area contributed by atoms with Gasteiger partial charge in [-0.25, -0.2) is 4.79 Å². The molecule has 1 heterocycles. The van der Waals surface area contributed by atoms with Crippen LogP contribution in [0.2, 0.25) is 0 Å². The molecule has 0 saturated carbocycles. The van der Waals surface area contributed by atoms with E-state index in [-0.39, 0.29) is 18.0 Å². The third-order valence-electron chi connectivity index (χ3n) is 2.77. The normalized spacial score (nSPS) is 10.7. The van der Waals surface area contributed by atoms with Crippen LogP contribution < -0.4 is 16.0 Å². The Labute approximate surface area is 134 Å². The zero-order valence-electron chi connectivity index (χ0n) is 13.0. The molecule has 0 unspecified atom stereocenters. The molecule has 0 atom stereocenters. The van der Waals surface area contributed by atoms with E-state index in [0.717, 1.165) is 0 Å². The van der Waals surface area contributed by atoms with Crippen LogP contribution in [0.3, 0.4) is 0 Å². The van der Waals surface area contributed by atoms with E-state index in [9.17, 15) is 9.59 Å². The minimum Gasteiger partial charge on any atom is -0.465 e. The molecule has 0 radical (unpaired) electrons. The predicted octanol–water partition coefficient (Wildman–Crippen LogP) is 3.46. The summed E-state index contributed by atoms with van der Waals surface area (Å²) in [6, 6.07) is 10.2. The molecule has 0 aliphatic carbocycles. The molecule has 3 N–H and O–H groups in total. The largest absolute Gasteiger partial charge is 0.465 e. The Morgan fingerprint density at radius 2 is 1.70 bits per heavy atom. The Bertz CT molecular complexity index is 674. The topological polar surface area (TPSA) is 83.4 Å². The summed E-state index contributed by atoms with van der Waals surface area (Å²) in [6.45, 7) is 3.77. The maximum absolute atomic E-state index is 11.8. The second-order valence-corrected chi connectivity index (χ2v) is 5.17. The van der Waals surface area contributed by atoms with E-state index in [0.29, 0.717) is 17.1 Å². The van der Waals surface area contributed by atoms with Gasteiger partial charge in [0.05, 0.1) is 6.26 Å². The average molecular weight is 313 g/mol. The second kappa shape index (κ2) is 7.84. The van der Waals surface area contributed by atoms with Crippen LogP contribution in [-0.4, -0.2) is 18.0 Å². The summed E-state index contributed by atoms with van der Waals surface area (Å²) >= 11 is 0. The molecule has 1 aromatic carbocycles. The second-order valence-electron chi connectivity index (χ2n) is 5.17. The molecule has 0 fully saturated rings. The maximum atomic E-state index is 11.8. The minimum atomic E-state index is -0.266. The zero-order valence-corrected chi connectivity index (χ0v) is 13.0. The lowest BCUT2D eigenvalue weighted by atomic mass is 10.2. The summed E-state index contributed by atoms with van der Waals surface area (Å²) < 4.78 is 5.10. The SMILES string of the molecule is CC(C)NC(=O)Nc1ccc(NC(=O)/C=C/c2ccco2)cc1. The van der Waals surface area contributed by atoms with E-state index in [1.54, 1.807) is 48.7 Å². The zero-order chi connectivity index (χ0) is 16.7. The molecule has 0 saturated heterocycles. The molecular weight excluding hydrogens is 294 g/mol. The molecule has 1 aromatic heterocycles. The number of anilines is 2. The number of furan rings is 1.